The Kier molecular flexibility index (Phi) is 4.96. The molecule has 0 bridgehead atoms. The standard InChI is InChI=1S/C11H17N5OS/c1-7(2)5-16(6-8(12)17)11-9(10(13)18)14-3-4-15-11/h3-4,7H,5-6H2,1-2H3,(H2,12,17)(H2,13,18). The van der Waals surface area contributed by atoms with E-state index >= 15 is 0 Å². The number of carbonyl (C=O) groups excluding carboxylic acids is 1. The highest BCUT2D eigenvalue weighted by Gasteiger charge is 2.18. The fourth-order valence-electron chi connectivity index (χ4n) is 1.59. The van der Waals surface area contributed by atoms with E-state index in [-0.39, 0.29) is 11.5 Å². The van der Waals surface area contributed by atoms with Crippen molar-refractivity contribution in [2.75, 3.05) is 18.0 Å². The third kappa shape index (κ3) is 3.92. The zero-order valence-electron chi connectivity index (χ0n) is 10.5. The molecule has 6 nitrogen and oxygen atoms in total. The molecule has 1 heterocycles. The number of nitrogens with two attached hydrogens (primary N) is 2. The van der Waals surface area contributed by atoms with E-state index in [9.17, 15) is 4.79 Å². The molecule has 0 atom stereocenters. The number of aromatic nitrogens is 2. The third-order valence-corrected chi connectivity index (χ3v) is 2.34. The minimum absolute atomic E-state index is 0.0620. The molecule has 0 saturated carbocycles. The highest BCUT2D eigenvalue weighted by molar-refractivity contribution is 7.80. The van der Waals surface area contributed by atoms with Crippen molar-refractivity contribution in [3.05, 3.63) is 18.1 Å². The van der Waals surface area contributed by atoms with E-state index in [0.29, 0.717) is 24.0 Å². The minimum atomic E-state index is -0.435. The van der Waals surface area contributed by atoms with Gasteiger partial charge in [-0.1, -0.05) is 26.1 Å². The molecule has 7 heteroatoms. The number of carbonyl (C=O) groups is 1. The molecule has 0 aliphatic rings. The molecule has 18 heavy (non-hydrogen) atoms. The van der Waals surface area contributed by atoms with Gasteiger partial charge in [0.1, 0.15) is 10.7 Å². The number of rotatable bonds is 6. The van der Waals surface area contributed by atoms with E-state index in [2.05, 4.69) is 9.97 Å². The Balaban J connectivity index is 3.11. The Morgan fingerprint density at radius 3 is 2.50 bits per heavy atom. The van der Waals surface area contributed by atoms with Crippen LogP contribution in [0.1, 0.15) is 19.5 Å². The van der Waals surface area contributed by atoms with E-state index < -0.39 is 5.91 Å². The summed E-state index contributed by atoms with van der Waals surface area (Å²) < 4.78 is 0. The first-order chi connectivity index (χ1) is 8.41. The van der Waals surface area contributed by atoms with Gasteiger partial charge in [0, 0.05) is 18.9 Å². The van der Waals surface area contributed by atoms with Gasteiger partial charge in [-0.15, -0.1) is 0 Å². The van der Waals surface area contributed by atoms with Crippen LogP contribution in [0.15, 0.2) is 12.4 Å². The quantitative estimate of drug-likeness (QED) is 0.707. The lowest BCUT2D eigenvalue weighted by Gasteiger charge is -2.25. The van der Waals surface area contributed by atoms with Crippen LogP contribution in [0.5, 0.6) is 0 Å². The van der Waals surface area contributed by atoms with Crippen LogP contribution in [0, 0.1) is 5.92 Å². The zero-order chi connectivity index (χ0) is 13.7. The van der Waals surface area contributed by atoms with Crippen molar-refractivity contribution in [1.82, 2.24) is 9.97 Å². The molecule has 1 aromatic heterocycles. The molecule has 0 aromatic carbocycles. The van der Waals surface area contributed by atoms with Crippen molar-refractivity contribution in [3.8, 4) is 0 Å². The van der Waals surface area contributed by atoms with Gasteiger partial charge in [-0.2, -0.15) is 0 Å². The van der Waals surface area contributed by atoms with Crippen LogP contribution in [-0.4, -0.2) is 34.0 Å². The Labute approximate surface area is 111 Å². The lowest BCUT2D eigenvalue weighted by atomic mass is 10.2. The molecule has 1 aromatic rings. The molecule has 98 valence electrons. The zero-order valence-corrected chi connectivity index (χ0v) is 11.3. The maximum absolute atomic E-state index is 11.1. The van der Waals surface area contributed by atoms with E-state index in [1.54, 1.807) is 4.90 Å². The van der Waals surface area contributed by atoms with Crippen LogP contribution in [0.4, 0.5) is 5.82 Å². The molecule has 0 spiro atoms. The van der Waals surface area contributed by atoms with Gasteiger partial charge in [0.25, 0.3) is 0 Å². The topological polar surface area (TPSA) is 98.1 Å². The number of hydrogen-bond donors (Lipinski definition) is 2. The van der Waals surface area contributed by atoms with Gasteiger partial charge in [-0.05, 0) is 5.92 Å². The smallest absolute Gasteiger partial charge is 0.236 e. The van der Waals surface area contributed by atoms with Crippen LogP contribution in [0.25, 0.3) is 0 Å². The average Bonchev–Trinajstić information content (AvgIpc) is 2.26. The fourth-order valence-corrected chi connectivity index (χ4v) is 1.73. The summed E-state index contributed by atoms with van der Waals surface area (Å²) in [6.45, 7) is 4.75. The average molecular weight is 267 g/mol. The van der Waals surface area contributed by atoms with Crippen LogP contribution in [-0.2, 0) is 4.79 Å². The largest absolute Gasteiger partial charge is 0.388 e. The summed E-state index contributed by atoms with van der Waals surface area (Å²) >= 11 is 4.93. The number of primary amides is 1. The van der Waals surface area contributed by atoms with Crippen LogP contribution in [0.3, 0.4) is 0 Å². The van der Waals surface area contributed by atoms with Crippen molar-refractivity contribution in [1.29, 1.82) is 0 Å². The summed E-state index contributed by atoms with van der Waals surface area (Å²) in [5.41, 5.74) is 11.3. The summed E-state index contributed by atoms with van der Waals surface area (Å²) in [4.78, 5) is 21.3. The lowest BCUT2D eigenvalue weighted by molar-refractivity contribution is -0.116. The Morgan fingerprint density at radius 2 is 2.00 bits per heavy atom. The maximum Gasteiger partial charge on any atom is 0.236 e. The summed E-state index contributed by atoms with van der Waals surface area (Å²) in [5, 5.41) is 0. The molecular weight excluding hydrogens is 250 g/mol. The first-order valence-electron chi connectivity index (χ1n) is 5.56. The van der Waals surface area contributed by atoms with Crippen molar-refractivity contribution in [2.24, 2.45) is 17.4 Å². The second-order valence-corrected chi connectivity index (χ2v) is 4.77. The van der Waals surface area contributed by atoms with Gasteiger partial charge in [0.05, 0.1) is 6.54 Å². The number of nitrogens with zero attached hydrogens (tertiary/aromatic N) is 3. The van der Waals surface area contributed by atoms with Gasteiger partial charge in [0.2, 0.25) is 5.91 Å². The normalized spacial score (nSPS) is 10.4. The van der Waals surface area contributed by atoms with Crippen LogP contribution in [0.2, 0.25) is 0 Å². The van der Waals surface area contributed by atoms with Gasteiger partial charge >= 0.3 is 0 Å². The van der Waals surface area contributed by atoms with Crippen LogP contribution >= 0.6 is 12.2 Å². The first kappa shape index (κ1) is 14.3. The molecule has 0 fully saturated rings. The van der Waals surface area contributed by atoms with Gasteiger partial charge in [-0.3, -0.25) is 4.79 Å². The second-order valence-electron chi connectivity index (χ2n) is 4.33. The fraction of sp³-hybridized carbons (Fsp3) is 0.455. The number of thiocarbonyl (C=S) groups is 1. The molecule has 0 unspecified atom stereocenters. The Hall–Kier alpha value is -1.76. The van der Waals surface area contributed by atoms with E-state index in [1.807, 2.05) is 13.8 Å². The van der Waals surface area contributed by atoms with Crippen molar-refractivity contribution in [2.45, 2.75) is 13.8 Å². The van der Waals surface area contributed by atoms with Gasteiger partial charge in [-0.25, -0.2) is 9.97 Å². The molecule has 0 aliphatic carbocycles. The summed E-state index contributed by atoms with van der Waals surface area (Å²) in [7, 11) is 0. The minimum Gasteiger partial charge on any atom is -0.388 e. The molecule has 0 aliphatic heterocycles. The second kappa shape index (κ2) is 6.25. The highest BCUT2D eigenvalue weighted by Crippen LogP contribution is 2.16. The van der Waals surface area contributed by atoms with Crippen molar-refractivity contribution < 1.29 is 4.79 Å². The Morgan fingerprint density at radius 1 is 1.39 bits per heavy atom. The molecule has 1 amide bonds. The monoisotopic (exact) mass is 267 g/mol. The molecular formula is C11H17N5OS. The number of amides is 1. The van der Waals surface area contributed by atoms with E-state index in [0.717, 1.165) is 0 Å². The highest BCUT2D eigenvalue weighted by atomic mass is 32.1. The SMILES string of the molecule is CC(C)CN(CC(N)=O)c1nccnc1C(N)=S. The van der Waals surface area contributed by atoms with Gasteiger partial charge < -0.3 is 16.4 Å². The predicted octanol–water partition coefficient (Wildman–Crippen LogP) is 0.0585. The number of anilines is 1. The van der Waals surface area contributed by atoms with Crippen LogP contribution < -0.4 is 16.4 Å². The molecule has 1 rings (SSSR count). The van der Waals surface area contributed by atoms with Crippen molar-refractivity contribution in [3.63, 3.8) is 0 Å². The molecule has 0 saturated heterocycles. The predicted molar refractivity (Wildman–Crippen MR) is 74.2 cm³/mol. The number of hydrogen-bond acceptors (Lipinski definition) is 5. The van der Waals surface area contributed by atoms with E-state index in [1.165, 1.54) is 12.4 Å². The summed E-state index contributed by atoms with van der Waals surface area (Å²) in [6, 6.07) is 0. The lowest BCUT2D eigenvalue weighted by Crippen LogP contribution is -2.38. The van der Waals surface area contributed by atoms with Crippen molar-refractivity contribution >= 4 is 28.9 Å². The molecule has 4 N–H and O–H groups in total. The maximum atomic E-state index is 11.1. The van der Waals surface area contributed by atoms with Gasteiger partial charge in [0.15, 0.2) is 5.82 Å². The molecule has 0 radical (unpaired) electrons. The van der Waals surface area contributed by atoms with E-state index in [4.69, 9.17) is 23.7 Å². The third-order valence-electron chi connectivity index (χ3n) is 2.14. The summed E-state index contributed by atoms with van der Waals surface area (Å²) in [6.07, 6.45) is 3.04. The Bertz CT molecular complexity index is 449. The summed E-state index contributed by atoms with van der Waals surface area (Å²) in [5.74, 6) is 0.401. The first-order valence-corrected chi connectivity index (χ1v) is 5.96.